The van der Waals surface area contributed by atoms with Gasteiger partial charge in [-0.3, -0.25) is 9.59 Å². The van der Waals surface area contributed by atoms with E-state index in [0.29, 0.717) is 18.8 Å². The van der Waals surface area contributed by atoms with Crippen LogP contribution in [-0.2, 0) is 9.59 Å². The summed E-state index contributed by atoms with van der Waals surface area (Å²) >= 11 is 0. The Morgan fingerprint density at radius 2 is 1.71 bits per heavy atom. The molecule has 0 bridgehead atoms. The van der Waals surface area contributed by atoms with Gasteiger partial charge in [0.25, 0.3) is 0 Å². The number of rotatable bonds is 6. The van der Waals surface area contributed by atoms with Crippen LogP contribution in [0.15, 0.2) is 24.3 Å². The lowest BCUT2D eigenvalue weighted by atomic mass is 10.1. The molecule has 0 radical (unpaired) electrons. The van der Waals surface area contributed by atoms with E-state index in [-0.39, 0.29) is 11.8 Å². The zero-order valence-electron chi connectivity index (χ0n) is 15.0. The van der Waals surface area contributed by atoms with E-state index in [2.05, 4.69) is 24.1 Å². The van der Waals surface area contributed by atoms with Crippen molar-refractivity contribution >= 4 is 23.2 Å². The van der Waals surface area contributed by atoms with Gasteiger partial charge in [-0.05, 0) is 36.6 Å². The monoisotopic (exact) mass is 331 g/mol. The zero-order chi connectivity index (χ0) is 17.5. The van der Waals surface area contributed by atoms with Crippen molar-refractivity contribution in [1.29, 1.82) is 0 Å². The molecule has 1 aliphatic rings. The maximum atomic E-state index is 12.1. The number of nitrogens with one attached hydrogen (secondary N) is 1. The molecule has 5 nitrogen and oxygen atoms in total. The number of anilines is 2. The lowest BCUT2D eigenvalue weighted by Crippen LogP contribution is -2.49. The Bertz CT molecular complexity index is 546. The highest BCUT2D eigenvalue weighted by atomic mass is 16.2. The number of hydrogen-bond donors (Lipinski definition) is 1. The topological polar surface area (TPSA) is 52.7 Å². The zero-order valence-corrected chi connectivity index (χ0v) is 15.0. The van der Waals surface area contributed by atoms with Crippen molar-refractivity contribution in [3.05, 3.63) is 24.3 Å². The van der Waals surface area contributed by atoms with Crippen molar-refractivity contribution in [2.75, 3.05) is 36.4 Å². The van der Waals surface area contributed by atoms with Gasteiger partial charge >= 0.3 is 0 Å². The first-order valence-electron chi connectivity index (χ1n) is 8.92. The lowest BCUT2D eigenvalue weighted by Gasteiger charge is -2.36. The molecule has 5 heteroatoms. The molecule has 24 heavy (non-hydrogen) atoms. The van der Waals surface area contributed by atoms with Gasteiger partial charge in [-0.1, -0.05) is 20.8 Å². The third-order valence-corrected chi connectivity index (χ3v) is 4.21. The van der Waals surface area contributed by atoms with E-state index < -0.39 is 0 Å². The fourth-order valence-electron chi connectivity index (χ4n) is 2.90. The van der Waals surface area contributed by atoms with E-state index in [1.807, 2.05) is 36.1 Å². The van der Waals surface area contributed by atoms with Crippen LogP contribution in [0.3, 0.4) is 0 Å². The van der Waals surface area contributed by atoms with Gasteiger partial charge in [-0.2, -0.15) is 0 Å². The number of nitrogens with zero attached hydrogens (tertiary/aromatic N) is 2. The Balaban J connectivity index is 1.85. The van der Waals surface area contributed by atoms with Crippen LogP contribution in [0.4, 0.5) is 11.4 Å². The van der Waals surface area contributed by atoms with Gasteiger partial charge in [0.2, 0.25) is 11.8 Å². The Morgan fingerprint density at radius 3 is 2.25 bits per heavy atom. The Kier molecular flexibility index (Phi) is 6.64. The summed E-state index contributed by atoms with van der Waals surface area (Å²) in [7, 11) is 0. The molecule has 1 saturated heterocycles. The third-order valence-electron chi connectivity index (χ3n) is 4.21. The SMILES string of the molecule is CCCC(=O)Nc1ccc(N2CCN(C(=O)CC(C)C)CC2)cc1. The number of carbonyl (C=O) groups is 2. The maximum absolute atomic E-state index is 12.1. The Hall–Kier alpha value is -2.04. The molecular weight excluding hydrogens is 302 g/mol. The highest BCUT2D eigenvalue weighted by Gasteiger charge is 2.21. The molecule has 2 rings (SSSR count). The average Bonchev–Trinajstić information content (AvgIpc) is 2.55. The predicted octanol–water partition coefficient (Wildman–Crippen LogP) is 3.12. The first-order chi connectivity index (χ1) is 11.5. The summed E-state index contributed by atoms with van der Waals surface area (Å²) in [5.74, 6) is 0.729. The fraction of sp³-hybridized carbons (Fsp3) is 0.579. The van der Waals surface area contributed by atoms with E-state index in [4.69, 9.17) is 0 Å². The molecule has 1 aromatic rings. The van der Waals surface area contributed by atoms with Crippen LogP contribution in [0.2, 0.25) is 0 Å². The van der Waals surface area contributed by atoms with E-state index in [1.54, 1.807) is 0 Å². The second-order valence-electron chi connectivity index (χ2n) is 6.81. The summed E-state index contributed by atoms with van der Waals surface area (Å²) in [5, 5.41) is 2.90. The number of amides is 2. The number of hydrogen-bond acceptors (Lipinski definition) is 3. The van der Waals surface area contributed by atoms with Crippen LogP contribution in [0, 0.1) is 5.92 Å². The van der Waals surface area contributed by atoms with E-state index in [1.165, 1.54) is 0 Å². The highest BCUT2D eigenvalue weighted by Crippen LogP contribution is 2.20. The smallest absolute Gasteiger partial charge is 0.224 e. The lowest BCUT2D eigenvalue weighted by molar-refractivity contribution is -0.132. The van der Waals surface area contributed by atoms with Crippen LogP contribution < -0.4 is 10.2 Å². The molecule has 0 aromatic heterocycles. The van der Waals surface area contributed by atoms with Gasteiger partial charge in [0.1, 0.15) is 0 Å². The third kappa shape index (κ3) is 5.25. The average molecular weight is 331 g/mol. The van der Waals surface area contributed by atoms with Gasteiger partial charge in [0.15, 0.2) is 0 Å². The molecular formula is C19H29N3O2. The molecule has 0 atom stereocenters. The largest absolute Gasteiger partial charge is 0.368 e. The Morgan fingerprint density at radius 1 is 1.08 bits per heavy atom. The van der Waals surface area contributed by atoms with Crippen molar-refractivity contribution in [2.24, 2.45) is 5.92 Å². The van der Waals surface area contributed by atoms with Crippen LogP contribution in [-0.4, -0.2) is 42.9 Å². The highest BCUT2D eigenvalue weighted by molar-refractivity contribution is 5.90. The van der Waals surface area contributed by atoms with Gasteiger partial charge in [0.05, 0.1) is 0 Å². The summed E-state index contributed by atoms with van der Waals surface area (Å²) in [6, 6.07) is 7.96. The molecule has 1 fully saturated rings. The van der Waals surface area contributed by atoms with E-state index >= 15 is 0 Å². The molecule has 0 aliphatic carbocycles. The minimum Gasteiger partial charge on any atom is -0.368 e. The second-order valence-corrected chi connectivity index (χ2v) is 6.81. The molecule has 1 aliphatic heterocycles. The quantitative estimate of drug-likeness (QED) is 0.871. The van der Waals surface area contributed by atoms with Crippen molar-refractivity contribution in [3.8, 4) is 0 Å². The van der Waals surface area contributed by atoms with Crippen LogP contribution in [0.25, 0.3) is 0 Å². The molecule has 1 N–H and O–H groups in total. The first-order valence-corrected chi connectivity index (χ1v) is 8.92. The summed E-state index contributed by atoms with van der Waals surface area (Å²) < 4.78 is 0. The molecule has 2 amide bonds. The van der Waals surface area contributed by atoms with Crippen molar-refractivity contribution in [2.45, 2.75) is 40.0 Å². The minimum absolute atomic E-state index is 0.0579. The van der Waals surface area contributed by atoms with Crippen molar-refractivity contribution in [1.82, 2.24) is 4.90 Å². The molecule has 1 heterocycles. The predicted molar refractivity (Wildman–Crippen MR) is 98.2 cm³/mol. The molecule has 0 saturated carbocycles. The second kappa shape index (κ2) is 8.71. The standard InChI is InChI=1S/C19H29N3O2/c1-4-5-18(23)20-16-6-8-17(9-7-16)21-10-12-22(13-11-21)19(24)14-15(2)3/h6-9,15H,4-5,10-14H2,1-3H3,(H,20,23). The molecule has 132 valence electrons. The maximum Gasteiger partial charge on any atom is 0.224 e. The number of benzene rings is 1. The van der Waals surface area contributed by atoms with Gasteiger partial charge in [-0.25, -0.2) is 0 Å². The summed E-state index contributed by atoms with van der Waals surface area (Å²) in [4.78, 5) is 28.0. The summed E-state index contributed by atoms with van der Waals surface area (Å²) in [5.41, 5.74) is 1.97. The molecule has 1 aromatic carbocycles. The molecule has 0 spiro atoms. The van der Waals surface area contributed by atoms with Gasteiger partial charge in [-0.15, -0.1) is 0 Å². The number of carbonyl (C=O) groups excluding carboxylic acids is 2. The van der Waals surface area contributed by atoms with Crippen LogP contribution >= 0.6 is 0 Å². The Labute approximate surface area is 145 Å². The van der Waals surface area contributed by atoms with Crippen LogP contribution in [0.5, 0.6) is 0 Å². The minimum atomic E-state index is 0.0579. The van der Waals surface area contributed by atoms with Crippen molar-refractivity contribution < 1.29 is 9.59 Å². The van der Waals surface area contributed by atoms with E-state index in [0.717, 1.165) is 44.0 Å². The summed E-state index contributed by atoms with van der Waals surface area (Å²) in [6.07, 6.45) is 2.03. The normalized spacial score (nSPS) is 14.8. The van der Waals surface area contributed by atoms with Crippen molar-refractivity contribution in [3.63, 3.8) is 0 Å². The van der Waals surface area contributed by atoms with Gasteiger partial charge in [0, 0.05) is 50.4 Å². The fourth-order valence-corrected chi connectivity index (χ4v) is 2.90. The summed E-state index contributed by atoms with van der Waals surface area (Å²) in [6.45, 7) is 9.41. The first kappa shape index (κ1) is 18.3. The van der Waals surface area contributed by atoms with Gasteiger partial charge < -0.3 is 15.1 Å². The van der Waals surface area contributed by atoms with E-state index in [9.17, 15) is 9.59 Å². The molecule has 0 unspecified atom stereocenters. The number of piperazine rings is 1. The van der Waals surface area contributed by atoms with Crippen LogP contribution in [0.1, 0.15) is 40.0 Å².